The van der Waals surface area contributed by atoms with Gasteiger partial charge < -0.3 is 5.11 Å². The van der Waals surface area contributed by atoms with E-state index in [1.165, 1.54) is 16.4 Å². The van der Waals surface area contributed by atoms with Crippen molar-refractivity contribution in [3.8, 4) is 0 Å². The fourth-order valence-electron chi connectivity index (χ4n) is 1.62. The van der Waals surface area contributed by atoms with Crippen LogP contribution in [0.2, 0.25) is 0 Å². The minimum Gasteiger partial charge on any atom is -0.392 e. The van der Waals surface area contributed by atoms with Crippen LogP contribution in [0.25, 0.3) is 0 Å². The van der Waals surface area contributed by atoms with E-state index in [2.05, 4.69) is 6.58 Å². The lowest BCUT2D eigenvalue weighted by Gasteiger charge is -2.24. The molecule has 0 radical (unpaired) electrons. The van der Waals surface area contributed by atoms with Gasteiger partial charge in [0.05, 0.1) is 11.5 Å². The van der Waals surface area contributed by atoms with E-state index in [-0.39, 0.29) is 24.1 Å². The maximum Gasteiger partial charge on any atom is 0.243 e. The fourth-order valence-corrected chi connectivity index (χ4v) is 3.22. The van der Waals surface area contributed by atoms with E-state index in [1.54, 1.807) is 18.2 Å². The first-order chi connectivity index (χ1) is 8.43. The fraction of sp³-hybridized carbons (Fsp3) is 0.385. The van der Waals surface area contributed by atoms with Gasteiger partial charge in [0.25, 0.3) is 0 Å². The van der Waals surface area contributed by atoms with E-state index in [0.717, 1.165) is 0 Å². The molecule has 0 aliphatic carbocycles. The number of aliphatic hydroxyl groups excluding tert-OH is 1. The summed E-state index contributed by atoms with van der Waals surface area (Å²) in [5.41, 5.74) is 0.689. The second-order valence-corrected chi connectivity index (χ2v) is 6.15. The molecule has 0 bridgehead atoms. The molecule has 4 nitrogen and oxygen atoms in total. The molecule has 5 heteroatoms. The molecule has 1 rings (SSSR count). The van der Waals surface area contributed by atoms with E-state index in [9.17, 15) is 8.42 Å². The Morgan fingerprint density at radius 3 is 2.28 bits per heavy atom. The standard InChI is InChI=1S/C13H19NO3S/c1-4-9-14(11(2)3)18(16,17)13-7-5-12(10-15)6-8-13/h4-8,11,15H,1,9-10H2,2-3H3. The Kier molecular flexibility index (Phi) is 5.07. The molecule has 1 aromatic rings. The zero-order valence-electron chi connectivity index (χ0n) is 10.7. The predicted molar refractivity (Wildman–Crippen MR) is 71.6 cm³/mol. The smallest absolute Gasteiger partial charge is 0.243 e. The maximum absolute atomic E-state index is 12.4. The molecule has 0 saturated carbocycles. The van der Waals surface area contributed by atoms with Crippen molar-refractivity contribution in [3.05, 3.63) is 42.5 Å². The van der Waals surface area contributed by atoms with Gasteiger partial charge >= 0.3 is 0 Å². The summed E-state index contributed by atoms with van der Waals surface area (Å²) in [5, 5.41) is 8.94. The van der Waals surface area contributed by atoms with Gasteiger partial charge in [0, 0.05) is 12.6 Å². The van der Waals surface area contributed by atoms with Crippen molar-refractivity contribution in [2.24, 2.45) is 0 Å². The Hall–Kier alpha value is -1.17. The number of nitrogens with zero attached hydrogens (tertiary/aromatic N) is 1. The van der Waals surface area contributed by atoms with Gasteiger partial charge in [-0.25, -0.2) is 8.42 Å². The predicted octanol–water partition coefficient (Wildman–Crippen LogP) is 1.76. The van der Waals surface area contributed by atoms with Gasteiger partial charge in [-0.1, -0.05) is 18.2 Å². The minimum atomic E-state index is -3.51. The van der Waals surface area contributed by atoms with Crippen molar-refractivity contribution in [1.29, 1.82) is 0 Å². The highest BCUT2D eigenvalue weighted by molar-refractivity contribution is 7.89. The minimum absolute atomic E-state index is 0.0963. The number of aliphatic hydroxyl groups is 1. The highest BCUT2D eigenvalue weighted by atomic mass is 32.2. The molecule has 0 amide bonds. The van der Waals surface area contributed by atoms with Crippen LogP contribution in [0.5, 0.6) is 0 Å². The quantitative estimate of drug-likeness (QED) is 0.801. The van der Waals surface area contributed by atoms with Crippen LogP contribution in [0, 0.1) is 0 Å². The summed E-state index contributed by atoms with van der Waals surface area (Å²) in [6.45, 7) is 7.41. The third kappa shape index (κ3) is 3.19. The van der Waals surface area contributed by atoms with Crippen LogP contribution < -0.4 is 0 Å². The first kappa shape index (κ1) is 14.9. The molecular weight excluding hydrogens is 250 g/mol. The van der Waals surface area contributed by atoms with Gasteiger partial charge in [0.15, 0.2) is 0 Å². The average Bonchev–Trinajstić information content (AvgIpc) is 2.35. The molecule has 0 aliphatic heterocycles. The SMILES string of the molecule is C=CCN(C(C)C)S(=O)(=O)c1ccc(CO)cc1. The average molecular weight is 269 g/mol. The third-order valence-corrected chi connectivity index (χ3v) is 4.65. The summed E-state index contributed by atoms with van der Waals surface area (Å²) < 4.78 is 26.1. The molecule has 0 heterocycles. The summed E-state index contributed by atoms with van der Waals surface area (Å²) in [6, 6.07) is 6.11. The van der Waals surface area contributed by atoms with E-state index in [4.69, 9.17) is 5.11 Å². The highest BCUT2D eigenvalue weighted by Gasteiger charge is 2.25. The van der Waals surface area contributed by atoms with Crippen molar-refractivity contribution < 1.29 is 13.5 Å². The molecule has 0 aromatic heterocycles. The molecular formula is C13H19NO3S. The van der Waals surface area contributed by atoms with Gasteiger partial charge in [-0.3, -0.25) is 0 Å². The molecule has 1 N–H and O–H groups in total. The number of hydrogen-bond acceptors (Lipinski definition) is 3. The topological polar surface area (TPSA) is 57.6 Å². The second kappa shape index (κ2) is 6.13. The highest BCUT2D eigenvalue weighted by Crippen LogP contribution is 2.18. The lowest BCUT2D eigenvalue weighted by molar-refractivity contribution is 0.281. The summed E-state index contributed by atoms with van der Waals surface area (Å²) in [4.78, 5) is 0.232. The largest absolute Gasteiger partial charge is 0.392 e. The summed E-state index contributed by atoms with van der Waals surface area (Å²) >= 11 is 0. The molecule has 0 fully saturated rings. The molecule has 0 aliphatic rings. The van der Waals surface area contributed by atoms with Crippen LogP contribution in [-0.2, 0) is 16.6 Å². The normalized spacial score (nSPS) is 12.1. The number of hydrogen-bond donors (Lipinski definition) is 1. The van der Waals surface area contributed by atoms with Crippen LogP contribution in [0.3, 0.4) is 0 Å². The Morgan fingerprint density at radius 2 is 1.89 bits per heavy atom. The Balaban J connectivity index is 3.13. The van der Waals surface area contributed by atoms with E-state index in [1.807, 2.05) is 13.8 Å². The number of rotatable bonds is 6. The monoisotopic (exact) mass is 269 g/mol. The van der Waals surface area contributed by atoms with Gasteiger partial charge in [0.2, 0.25) is 10.0 Å². The third-order valence-electron chi connectivity index (χ3n) is 2.60. The van der Waals surface area contributed by atoms with Crippen molar-refractivity contribution in [2.75, 3.05) is 6.54 Å². The van der Waals surface area contributed by atoms with Crippen LogP contribution in [0.15, 0.2) is 41.8 Å². The van der Waals surface area contributed by atoms with Crippen molar-refractivity contribution >= 4 is 10.0 Å². The van der Waals surface area contributed by atoms with Crippen molar-refractivity contribution in [3.63, 3.8) is 0 Å². The summed E-state index contributed by atoms with van der Waals surface area (Å²) in [6.07, 6.45) is 1.57. The van der Waals surface area contributed by atoms with Crippen LogP contribution in [0.4, 0.5) is 0 Å². The van der Waals surface area contributed by atoms with Crippen molar-refractivity contribution in [2.45, 2.75) is 31.4 Å². The molecule has 0 saturated heterocycles. The van der Waals surface area contributed by atoms with Gasteiger partial charge in [-0.05, 0) is 31.5 Å². The van der Waals surface area contributed by atoms with Gasteiger partial charge in [-0.2, -0.15) is 4.31 Å². The van der Waals surface area contributed by atoms with E-state index >= 15 is 0 Å². The zero-order valence-corrected chi connectivity index (χ0v) is 11.5. The molecule has 18 heavy (non-hydrogen) atoms. The molecule has 0 spiro atoms. The Morgan fingerprint density at radius 1 is 1.33 bits per heavy atom. The number of benzene rings is 1. The van der Waals surface area contributed by atoms with Gasteiger partial charge in [-0.15, -0.1) is 6.58 Å². The first-order valence-corrected chi connectivity index (χ1v) is 7.20. The molecule has 1 aromatic carbocycles. The number of sulfonamides is 1. The van der Waals surface area contributed by atoms with Crippen molar-refractivity contribution in [1.82, 2.24) is 4.31 Å². The summed E-state index contributed by atoms with van der Waals surface area (Å²) in [5.74, 6) is 0. The Labute approximate surface area is 109 Å². The van der Waals surface area contributed by atoms with E-state index in [0.29, 0.717) is 5.56 Å². The Bertz CT molecular complexity index is 491. The second-order valence-electron chi connectivity index (χ2n) is 4.26. The summed E-state index contributed by atoms with van der Waals surface area (Å²) in [7, 11) is -3.51. The van der Waals surface area contributed by atoms with Crippen LogP contribution in [0.1, 0.15) is 19.4 Å². The van der Waals surface area contributed by atoms with Crippen LogP contribution >= 0.6 is 0 Å². The molecule has 0 atom stereocenters. The zero-order chi connectivity index (χ0) is 13.8. The van der Waals surface area contributed by atoms with E-state index < -0.39 is 10.0 Å². The first-order valence-electron chi connectivity index (χ1n) is 5.76. The molecule has 0 unspecified atom stereocenters. The van der Waals surface area contributed by atoms with Gasteiger partial charge in [0.1, 0.15) is 0 Å². The molecule has 100 valence electrons. The maximum atomic E-state index is 12.4. The lowest BCUT2D eigenvalue weighted by Crippen LogP contribution is -2.36. The lowest BCUT2D eigenvalue weighted by atomic mass is 10.2. The van der Waals surface area contributed by atoms with Crippen LogP contribution in [-0.4, -0.2) is 30.4 Å².